The maximum absolute atomic E-state index is 6.61. The van der Waals surface area contributed by atoms with Crippen LogP contribution in [0.15, 0.2) is 23.3 Å². The van der Waals surface area contributed by atoms with E-state index in [1.54, 1.807) is 13.3 Å². The minimum atomic E-state index is -0.455. The van der Waals surface area contributed by atoms with Gasteiger partial charge in [0.25, 0.3) is 0 Å². The number of aryl methyl sites for hydroxylation is 1. The van der Waals surface area contributed by atoms with Crippen molar-refractivity contribution in [1.29, 1.82) is 0 Å². The van der Waals surface area contributed by atoms with Crippen LogP contribution < -0.4 is 11.2 Å². The standard InChI is InChI=1S/C20H30BClN2O3/c1-13-10-15(16(12-23)14(2)24-8-9-25-7)18(22)11-17(13)21-26-19(3,4)20(5,6)27-21/h10-12H,8-9,23H2,1-7H3/b16-12+,24-14?. The molecule has 1 heterocycles. The van der Waals surface area contributed by atoms with Crippen molar-refractivity contribution in [2.45, 2.75) is 52.7 Å². The van der Waals surface area contributed by atoms with Gasteiger partial charge in [0.1, 0.15) is 0 Å². The van der Waals surface area contributed by atoms with Crippen LogP contribution in [0.1, 0.15) is 45.7 Å². The van der Waals surface area contributed by atoms with Gasteiger partial charge in [-0.25, -0.2) is 0 Å². The number of aliphatic imine (C=N–C) groups is 1. The van der Waals surface area contributed by atoms with Gasteiger partial charge >= 0.3 is 7.12 Å². The van der Waals surface area contributed by atoms with Gasteiger partial charge in [0.15, 0.2) is 0 Å². The van der Waals surface area contributed by atoms with E-state index >= 15 is 0 Å². The molecule has 1 aromatic rings. The average Bonchev–Trinajstić information content (AvgIpc) is 2.79. The molecule has 0 aliphatic carbocycles. The molecule has 27 heavy (non-hydrogen) atoms. The Balaban J connectivity index is 2.36. The van der Waals surface area contributed by atoms with Gasteiger partial charge in [0.2, 0.25) is 0 Å². The Hall–Kier alpha value is -1.34. The zero-order valence-corrected chi connectivity index (χ0v) is 18.1. The van der Waals surface area contributed by atoms with E-state index in [9.17, 15) is 0 Å². The zero-order chi connectivity index (χ0) is 20.4. The predicted molar refractivity (Wildman–Crippen MR) is 114 cm³/mol. The second kappa shape index (κ2) is 8.35. The average molecular weight is 393 g/mol. The van der Waals surface area contributed by atoms with E-state index in [4.69, 9.17) is 31.4 Å². The van der Waals surface area contributed by atoms with E-state index in [1.165, 1.54) is 0 Å². The number of hydrogen-bond acceptors (Lipinski definition) is 5. The fourth-order valence-electron chi connectivity index (χ4n) is 2.92. The summed E-state index contributed by atoms with van der Waals surface area (Å²) >= 11 is 6.61. The van der Waals surface area contributed by atoms with Crippen LogP contribution in [-0.2, 0) is 14.0 Å². The molecule has 2 rings (SSSR count). The first-order chi connectivity index (χ1) is 12.5. The van der Waals surface area contributed by atoms with E-state index in [-0.39, 0.29) is 0 Å². The third-order valence-electron chi connectivity index (χ3n) is 5.35. The van der Waals surface area contributed by atoms with E-state index in [0.717, 1.165) is 27.9 Å². The normalized spacial score (nSPS) is 19.6. The number of hydrogen-bond donors (Lipinski definition) is 1. The van der Waals surface area contributed by atoms with Crippen LogP contribution in [0.25, 0.3) is 5.57 Å². The van der Waals surface area contributed by atoms with Crippen LogP contribution >= 0.6 is 11.6 Å². The van der Waals surface area contributed by atoms with Crippen molar-refractivity contribution in [2.24, 2.45) is 10.7 Å². The molecule has 1 saturated heterocycles. The lowest BCUT2D eigenvalue weighted by Crippen LogP contribution is -2.41. The molecule has 1 aliphatic rings. The first-order valence-corrected chi connectivity index (χ1v) is 9.50. The van der Waals surface area contributed by atoms with Gasteiger partial charge in [0.05, 0.1) is 24.4 Å². The van der Waals surface area contributed by atoms with Crippen LogP contribution in [0.4, 0.5) is 0 Å². The molecule has 2 N–H and O–H groups in total. The maximum atomic E-state index is 6.61. The lowest BCUT2D eigenvalue weighted by molar-refractivity contribution is 0.00578. The molecule has 5 nitrogen and oxygen atoms in total. The van der Waals surface area contributed by atoms with Crippen LogP contribution in [0.2, 0.25) is 5.02 Å². The molecule has 7 heteroatoms. The summed E-state index contributed by atoms with van der Waals surface area (Å²) in [5.74, 6) is 0. The smallest absolute Gasteiger partial charge is 0.404 e. The third-order valence-corrected chi connectivity index (χ3v) is 5.67. The number of benzene rings is 1. The molecular weight excluding hydrogens is 362 g/mol. The Morgan fingerprint density at radius 1 is 1.26 bits per heavy atom. The molecule has 0 atom stereocenters. The molecule has 0 bridgehead atoms. The first-order valence-electron chi connectivity index (χ1n) is 9.12. The molecule has 1 aliphatic heterocycles. The van der Waals surface area contributed by atoms with Crippen LogP contribution in [0.5, 0.6) is 0 Å². The number of ether oxygens (including phenoxy) is 1. The van der Waals surface area contributed by atoms with Crippen LogP contribution in [0, 0.1) is 6.92 Å². The summed E-state index contributed by atoms with van der Waals surface area (Å²) in [6.45, 7) is 13.2. The summed E-state index contributed by atoms with van der Waals surface area (Å²) in [7, 11) is 1.20. The molecule has 0 unspecified atom stereocenters. The number of rotatable bonds is 6. The van der Waals surface area contributed by atoms with Crippen molar-refractivity contribution >= 4 is 35.5 Å². The number of allylic oxidation sites excluding steroid dienone is 1. The molecule has 1 aromatic carbocycles. The quantitative estimate of drug-likeness (QED) is 0.458. The monoisotopic (exact) mass is 392 g/mol. The largest absolute Gasteiger partial charge is 0.495 e. The van der Waals surface area contributed by atoms with Crippen molar-refractivity contribution < 1.29 is 14.0 Å². The van der Waals surface area contributed by atoms with Gasteiger partial charge in [-0.1, -0.05) is 23.2 Å². The summed E-state index contributed by atoms with van der Waals surface area (Å²) in [5, 5.41) is 0.586. The highest BCUT2D eigenvalue weighted by atomic mass is 35.5. The lowest BCUT2D eigenvalue weighted by atomic mass is 9.75. The second-order valence-corrected chi connectivity index (χ2v) is 8.22. The fraction of sp³-hybridized carbons (Fsp3) is 0.550. The van der Waals surface area contributed by atoms with E-state index in [2.05, 4.69) is 4.99 Å². The predicted octanol–water partition coefficient (Wildman–Crippen LogP) is 3.35. The highest BCUT2D eigenvalue weighted by Crippen LogP contribution is 2.37. The molecule has 0 spiro atoms. The third kappa shape index (κ3) is 4.57. The molecule has 0 saturated carbocycles. The highest BCUT2D eigenvalue weighted by Gasteiger charge is 2.52. The van der Waals surface area contributed by atoms with Gasteiger partial charge in [-0.05, 0) is 53.1 Å². The van der Waals surface area contributed by atoms with E-state index < -0.39 is 18.3 Å². The van der Waals surface area contributed by atoms with Crippen molar-refractivity contribution in [2.75, 3.05) is 20.3 Å². The molecule has 148 valence electrons. The lowest BCUT2D eigenvalue weighted by Gasteiger charge is -2.32. The Labute approximate surface area is 168 Å². The van der Waals surface area contributed by atoms with Crippen molar-refractivity contribution in [3.05, 3.63) is 34.5 Å². The molecular formula is C20H30BClN2O3. The fourth-order valence-corrected chi connectivity index (χ4v) is 3.20. The number of methoxy groups -OCH3 is 1. The van der Waals surface area contributed by atoms with Crippen LogP contribution in [0.3, 0.4) is 0 Å². The molecule has 0 aromatic heterocycles. The molecule has 1 fully saturated rings. The van der Waals surface area contributed by atoms with Gasteiger partial charge in [-0.15, -0.1) is 0 Å². The highest BCUT2D eigenvalue weighted by molar-refractivity contribution is 6.63. The summed E-state index contributed by atoms with van der Waals surface area (Å²) < 4.78 is 17.4. The van der Waals surface area contributed by atoms with Gasteiger partial charge in [-0.2, -0.15) is 0 Å². The van der Waals surface area contributed by atoms with Crippen molar-refractivity contribution in [3.63, 3.8) is 0 Å². The van der Waals surface area contributed by atoms with Crippen molar-refractivity contribution in [1.82, 2.24) is 0 Å². The van der Waals surface area contributed by atoms with Gasteiger partial charge < -0.3 is 19.8 Å². The SMILES string of the molecule is COCCN=C(C)/C(=C\N)c1cc(C)c(B2OC(C)(C)C(C)(C)O2)cc1Cl. The first kappa shape index (κ1) is 22.0. The van der Waals surface area contributed by atoms with E-state index in [0.29, 0.717) is 18.2 Å². The number of nitrogens with zero attached hydrogens (tertiary/aromatic N) is 1. The summed E-state index contributed by atoms with van der Waals surface area (Å²) in [6.07, 6.45) is 1.54. The topological polar surface area (TPSA) is 66.1 Å². The minimum absolute atomic E-state index is 0.401. The van der Waals surface area contributed by atoms with Crippen LogP contribution in [-0.4, -0.2) is 44.3 Å². The number of halogens is 1. The Morgan fingerprint density at radius 3 is 2.37 bits per heavy atom. The summed E-state index contributed by atoms with van der Waals surface area (Å²) in [6, 6.07) is 3.91. The molecule has 0 radical (unpaired) electrons. The summed E-state index contributed by atoms with van der Waals surface area (Å²) in [4.78, 5) is 4.51. The Bertz CT molecular complexity index is 744. The van der Waals surface area contributed by atoms with Gasteiger partial charge in [0, 0.05) is 35.2 Å². The second-order valence-electron chi connectivity index (χ2n) is 7.82. The Morgan fingerprint density at radius 2 is 1.85 bits per heavy atom. The van der Waals surface area contributed by atoms with Gasteiger partial charge in [-0.3, -0.25) is 4.99 Å². The number of nitrogens with two attached hydrogens (primary N) is 1. The summed E-state index contributed by atoms with van der Waals surface area (Å²) in [5.41, 5.74) is 9.49. The molecule has 0 amide bonds. The van der Waals surface area contributed by atoms with Crippen molar-refractivity contribution in [3.8, 4) is 0 Å². The maximum Gasteiger partial charge on any atom is 0.495 e. The van der Waals surface area contributed by atoms with E-state index in [1.807, 2.05) is 53.7 Å². The zero-order valence-electron chi connectivity index (χ0n) is 17.4. The Kier molecular flexibility index (Phi) is 6.79. The minimum Gasteiger partial charge on any atom is -0.404 e.